The lowest BCUT2D eigenvalue weighted by Gasteiger charge is -2.13. The van der Waals surface area contributed by atoms with Crippen molar-refractivity contribution in [3.8, 4) is 46.0 Å². The molecule has 0 bridgehead atoms. The van der Waals surface area contributed by atoms with Gasteiger partial charge in [0.15, 0.2) is 0 Å². The van der Waals surface area contributed by atoms with Gasteiger partial charge in [-0.05, 0) is 132 Å². The van der Waals surface area contributed by atoms with Gasteiger partial charge in [-0.3, -0.25) is 0 Å². The lowest BCUT2D eigenvalue weighted by atomic mass is 9.98. The van der Waals surface area contributed by atoms with Gasteiger partial charge < -0.3 is 37.9 Å². The van der Waals surface area contributed by atoms with Gasteiger partial charge in [0.1, 0.15) is 46.0 Å². The molecule has 0 unspecified atom stereocenters. The summed E-state index contributed by atoms with van der Waals surface area (Å²) in [6.07, 6.45) is 16.1. The lowest BCUT2D eigenvalue weighted by Crippen LogP contribution is -1.99. The summed E-state index contributed by atoms with van der Waals surface area (Å²) in [5, 5.41) is 0. The summed E-state index contributed by atoms with van der Waals surface area (Å²) < 4.78 is 48.1. The monoisotopic (exact) mass is 1280 g/mol. The van der Waals surface area contributed by atoms with E-state index in [1.54, 1.807) is 52.7 Å². The maximum atomic E-state index is 6.30. The van der Waals surface area contributed by atoms with Crippen molar-refractivity contribution in [3.05, 3.63) is 336 Å². The Morgan fingerprint density at radius 3 is 0.814 bits per heavy atom. The van der Waals surface area contributed by atoms with Crippen LogP contribution in [0.15, 0.2) is 312 Å². The van der Waals surface area contributed by atoms with Gasteiger partial charge >= 0.3 is 0 Å². The van der Waals surface area contributed by atoms with Gasteiger partial charge in [-0.1, -0.05) is 172 Å². The van der Waals surface area contributed by atoms with Crippen LogP contribution in [0.4, 0.5) is 0 Å². The number of aliphatic imine (C=N–C) groups is 4. The Kier molecular flexibility index (Phi) is 27.8. The van der Waals surface area contributed by atoms with Gasteiger partial charge in [-0.2, -0.15) is 0 Å². The molecule has 0 heterocycles. The van der Waals surface area contributed by atoms with Crippen molar-refractivity contribution in [1.82, 2.24) is 0 Å². The van der Waals surface area contributed by atoms with Crippen LogP contribution >= 0.6 is 0 Å². The zero-order chi connectivity index (χ0) is 68.4. The number of rotatable bonds is 34. The molecule has 8 aromatic carbocycles. The molecule has 0 saturated carbocycles. The number of ether oxygens (including phenoxy) is 8. The first-order valence-electron chi connectivity index (χ1n) is 31.8. The summed E-state index contributed by atoms with van der Waals surface area (Å²) in [7, 11) is 6.54. The normalized spacial score (nSPS) is 11.1. The smallest absolute Gasteiger partial charge is 0.131 e. The molecular formula is C85H80N4O8. The first-order valence-corrected chi connectivity index (χ1v) is 31.8. The number of nitrogens with zero attached hydrogens (tertiary/aromatic N) is 4. The van der Waals surface area contributed by atoms with E-state index in [4.69, 9.17) is 52.9 Å². The highest BCUT2D eigenvalue weighted by molar-refractivity contribution is 6.03. The molecule has 0 aliphatic rings. The Hall–Kier alpha value is -12.1. The second-order valence-electron chi connectivity index (χ2n) is 21.1. The third-order valence-electron chi connectivity index (χ3n) is 14.9. The van der Waals surface area contributed by atoms with Gasteiger partial charge in [0.05, 0.1) is 99.9 Å². The molecule has 0 N–H and O–H groups in total. The Morgan fingerprint density at radius 1 is 0.340 bits per heavy atom. The predicted octanol–water partition coefficient (Wildman–Crippen LogP) is 19.2. The Bertz CT molecular complexity index is 4440. The van der Waals surface area contributed by atoms with Crippen molar-refractivity contribution in [2.24, 2.45) is 20.0 Å². The third-order valence-corrected chi connectivity index (χ3v) is 14.9. The summed E-state index contributed by atoms with van der Waals surface area (Å²) in [5.74, 6) is 18.2. The number of methoxy groups -OCH3 is 4. The molecule has 12 nitrogen and oxygen atoms in total. The molecular weight excluding hydrogens is 1200 g/mol. The maximum absolute atomic E-state index is 6.30. The minimum atomic E-state index is 0.347. The maximum Gasteiger partial charge on any atom is 0.131 e. The van der Waals surface area contributed by atoms with Crippen LogP contribution in [-0.2, 0) is 0 Å². The fourth-order valence-corrected chi connectivity index (χ4v) is 9.96. The molecule has 0 fully saturated rings. The van der Waals surface area contributed by atoms with Crippen molar-refractivity contribution < 1.29 is 37.9 Å². The molecule has 0 saturated heterocycles. The molecule has 8 rings (SSSR count). The lowest BCUT2D eigenvalue weighted by molar-refractivity contribution is 0.321. The molecule has 0 amide bonds. The molecule has 0 spiro atoms. The Morgan fingerprint density at radius 2 is 0.588 bits per heavy atom. The zero-order valence-electron chi connectivity index (χ0n) is 55.9. The third kappa shape index (κ3) is 20.4. The van der Waals surface area contributed by atoms with Crippen LogP contribution in [0.1, 0.15) is 77.6 Å². The molecule has 488 valence electrons. The Balaban J connectivity index is 0.931. The summed E-state index contributed by atoms with van der Waals surface area (Å²) in [4.78, 5) is 18.9. The van der Waals surface area contributed by atoms with Crippen LogP contribution in [-0.4, -0.2) is 78.3 Å². The van der Waals surface area contributed by atoms with E-state index < -0.39 is 0 Å². The molecule has 0 aliphatic carbocycles. The van der Waals surface area contributed by atoms with E-state index in [9.17, 15) is 0 Å². The quantitative estimate of drug-likeness (QED) is 0.0222. The molecule has 12 heteroatoms. The number of hydrogen-bond acceptors (Lipinski definition) is 12. The van der Waals surface area contributed by atoms with Crippen molar-refractivity contribution in [2.75, 3.05) is 54.9 Å². The first kappa shape index (κ1) is 70.7. The van der Waals surface area contributed by atoms with E-state index in [-0.39, 0.29) is 0 Å². The predicted molar refractivity (Wildman–Crippen MR) is 398 cm³/mol. The molecule has 0 aromatic heterocycles. The highest BCUT2D eigenvalue weighted by atomic mass is 16.5. The Labute approximate surface area is 571 Å². The summed E-state index contributed by atoms with van der Waals surface area (Å²) >= 11 is 0. The van der Waals surface area contributed by atoms with E-state index in [0.29, 0.717) is 109 Å². The number of allylic oxidation sites excluding steroid dienone is 5. The average Bonchev–Trinajstić information content (AvgIpc) is 1.03. The minimum Gasteiger partial charge on any atom is -0.496 e. The van der Waals surface area contributed by atoms with Gasteiger partial charge in [0, 0.05) is 65.8 Å². The van der Waals surface area contributed by atoms with Gasteiger partial charge in [0.25, 0.3) is 0 Å². The van der Waals surface area contributed by atoms with Crippen LogP contribution in [0.3, 0.4) is 0 Å². The molecule has 0 atom stereocenters. The largest absolute Gasteiger partial charge is 0.496 e. The van der Waals surface area contributed by atoms with Crippen molar-refractivity contribution in [1.29, 1.82) is 0 Å². The summed E-state index contributed by atoms with van der Waals surface area (Å²) in [6, 6.07) is 62.7. The highest BCUT2D eigenvalue weighted by Gasteiger charge is 2.18. The van der Waals surface area contributed by atoms with Crippen LogP contribution in [0.2, 0.25) is 0 Å². The second kappa shape index (κ2) is 38.2. The van der Waals surface area contributed by atoms with Crippen molar-refractivity contribution >= 4 is 45.8 Å². The average molecular weight is 1290 g/mol. The zero-order valence-corrected chi connectivity index (χ0v) is 55.9. The van der Waals surface area contributed by atoms with E-state index in [1.807, 2.05) is 232 Å². The summed E-state index contributed by atoms with van der Waals surface area (Å²) in [5.41, 5.74) is 12.5. The molecule has 0 aliphatic heterocycles. The van der Waals surface area contributed by atoms with Crippen LogP contribution in [0, 0.1) is 0 Å². The minimum absolute atomic E-state index is 0.347. The van der Waals surface area contributed by atoms with Gasteiger partial charge in [-0.15, -0.1) is 0 Å². The molecule has 97 heavy (non-hydrogen) atoms. The topological polar surface area (TPSA) is 123 Å². The van der Waals surface area contributed by atoms with Crippen LogP contribution in [0.5, 0.6) is 46.0 Å². The SMILES string of the molecule is C=C/C(=C\C)N=C=C(c1ccccc1)c1ccc(OCC/C=C(\C=C)N=C=C(c2ccccc2)c2ccc(OCC/C=C(\C=C)N=C=C(c3ccccc3)c3ccc(OCC/C=C(\C=C)N=C=C(c4ccccc4)c4ccc(OCC)cc4OC)cc3OC)cc2OC)cc1OC. The fourth-order valence-electron chi connectivity index (χ4n) is 9.96. The summed E-state index contributed by atoms with van der Waals surface area (Å²) in [6.45, 7) is 21.5. The van der Waals surface area contributed by atoms with E-state index in [1.165, 1.54) is 0 Å². The van der Waals surface area contributed by atoms with Crippen molar-refractivity contribution in [3.63, 3.8) is 0 Å². The number of hydrogen-bond donors (Lipinski definition) is 0. The molecule has 0 radical (unpaired) electrons. The van der Waals surface area contributed by atoms with Gasteiger partial charge in [-0.25, -0.2) is 20.0 Å². The van der Waals surface area contributed by atoms with E-state index in [2.05, 4.69) is 54.8 Å². The van der Waals surface area contributed by atoms with E-state index >= 15 is 0 Å². The fraction of sp³-hybridized carbons (Fsp3) is 0.153. The van der Waals surface area contributed by atoms with Crippen LogP contribution in [0.25, 0.3) is 22.3 Å². The first-order chi connectivity index (χ1) is 47.7. The highest BCUT2D eigenvalue weighted by Crippen LogP contribution is 2.37. The standard InChI is InChI=1S/C85H80N4O8/c1-11-66(12-2)86-58-78(62-32-21-17-22-33-62)75-48-44-71(55-83(75)91-8)95-51-30-41-68(14-4)88-60-80(64-36-25-19-26-37-64)77-50-46-73(57-85(77)93-10)97-53-31-42-69(15-5)89-61-81(65-38-27-20-28-39-65)76-49-45-72(56-84(76)92-9)96-52-29-40-67(13-3)87-59-79(63-34-23-18-24-35-63)74-47-43-70(94-16-6)54-82(74)90-7/h11-15,17-28,32-50,54-57H,1,3-5,16,29-31,51-53H2,2,6-10H3/b66-12+,67-40+,68-41+,69-42+. The molecule has 8 aromatic rings. The van der Waals surface area contributed by atoms with Gasteiger partial charge in [0.2, 0.25) is 0 Å². The van der Waals surface area contributed by atoms with Crippen LogP contribution < -0.4 is 37.9 Å². The second-order valence-corrected chi connectivity index (χ2v) is 21.1. The number of benzene rings is 8. The van der Waals surface area contributed by atoms with E-state index in [0.717, 1.165) is 72.5 Å². The van der Waals surface area contributed by atoms with Crippen molar-refractivity contribution in [2.45, 2.75) is 33.1 Å².